The van der Waals surface area contributed by atoms with E-state index in [4.69, 9.17) is 14.2 Å². The summed E-state index contributed by atoms with van der Waals surface area (Å²) in [5.74, 6) is -1.44. The van der Waals surface area contributed by atoms with E-state index < -0.39 is 17.2 Å². The SMILES string of the molecule is COCC(=O)N1CCN(Cc2cccc(OCCCn3nc(C)cc3C)c2)C[C@](O)(COc2ccc(F)c(F)c2)C1. The third kappa shape index (κ3) is 8.72. The minimum absolute atomic E-state index is 0.00771. The molecule has 11 heteroatoms. The van der Waals surface area contributed by atoms with Gasteiger partial charge in [0.15, 0.2) is 11.6 Å². The number of carbonyl (C=O) groups excluding carboxylic acids is 1. The van der Waals surface area contributed by atoms with E-state index in [9.17, 15) is 18.7 Å². The Morgan fingerprint density at radius 3 is 2.56 bits per heavy atom. The summed E-state index contributed by atoms with van der Waals surface area (Å²) in [7, 11) is 1.44. The van der Waals surface area contributed by atoms with Crippen LogP contribution in [0.25, 0.3) is 0 Å². The maximum atomic E-state index is 13.7. The zero-order valence-electron chi connectivity index (χ0n) is 23.8. The highest BCUT2D eigenvalue weighted by Crippen LogP contribution is 2.22. The van der Waals surface area contributed by atoms with Crippen molar-refractivity contribution in [3.05, 3.63) is 77.1 Å². The van der Waals surface area contributed by atoms with Gasteiger partial charge in [0.2, 0.25) is 5.91 Å². The normalized spacial score (nSPS) is 17.9. The van der Waals surface area contributed by atoms with Gasteiger partial charge in [0.1, 0.15) is 30.3 Å². The molecule has 41 heavy (non-hydrogen) atoms. The third-order valence-corrected chi connectivity index (χ3v) is 6.90. The highest BCUT2D eigenvalue weighted by molar-refractivity contribution is 5.77. The van der Waals surface area contributed by atoms with E-state index in [0.29, 0.717) is 26.2 Å². The molecule has 1 aliphatic heterocycles. The molecule has 222 valence electrons. The first-order chi connectivity index (χ1) is 19.6. The van der Waals surface area contributed by atoms with Crippen molar-refractivity contribution in [1.82, 2.24) is 19.6 Å². The van der Waals surface area contributed by atoms with Gasteiger partial charge in [-0.2, -0.15) is 5.10 Å². The number of nitrogens with zero attached hydrogens (tertiary/aromatic N) is 4. The maximum absolute atomic E-state index is 13.7. The number of β-amino-alcohol motifs (C(OH)–C–C–N with tert-alkyl or cyclic N) is 1. The molecule has 3 aromatic rings. The molecule has 1 N–H and O–H groups in total. The van der Waals surface area contributed by atoms with Gasteiger partial charge in [0.25, 0.3) is 0 Å². The first kappa shape index (κ1) is 30.4. The molecule has 0 bridgehead atoms. The number of aromatic nitrogens is 2. The quantitative estimate of drug-likeness (QED) is 0.333. The molecule has 9 nitrogen and oxygen atoms in total. The van der Waals surface area contributed by atoms with Gasteiger partial charge < -0.3 is 24.2 Å². The van der Waals surface area contributed by atoms with E-state index in [1.165, 1.54) is 13.2 Å². The molecule has 1 saturated heterocycles. The molecular weight excluding hydrogens is 534 g/mol. The fourth-order valence-corrected chi connectivity index (χ4v) is 4.98. The van der Waals surface area contributed by atoms with E-state index in [2.05, 4.69) is 11.2 Å². The molecule has 2 heterocycles. The van der Waals surface area contributed by atoms with E-state index in [1.807, 2.05) is 47.7 Å². The molecule has 1 aliphatic rings. The molecule has 4 rings (SSSR count). The van der Waals surface area contributed by atoms with Gasteiger partial charge >= 0.3 is 0 Å². The van der Waals surface area contributed by atoms with Crippen LogP contribution in [0.2, 0.25) is 0 Å². The molecule has 1 atom stereocenters. The molecule has 0 saturated carbocycles. The van der Waals surface area contributed by atoms with Crippen LogP contribution >= 0.6 is 0 Å². The van der Waals surface area contributed by atoms with Crippen LogP contribution in [-0.2, 0) is 22.6 Å². The molecule has 1 aromatic heterocycles. The number of rotatable bonds is 12. The van der Waals surface area contributed by atoms with Crippen LogP contribution in [-0.4, -0.2) is 89.3 Å². The Morgan fingerprint density at radius 2 is 1.83 bits per heavy atom. The molecule has 1 fully saturated rings. The fraction of sp³-hybridized carbons (Fsp3) is 0.467. The molecular formula is C30H38F2N4O5. The summed E-state index contributed by atoms with van der Waals surface area (Å²) in [5, 5.41) is 16.1. The standard InChI is InChI=1S/C30H38F2N4O5/c1-22-14-23(2)36(33-22)10-5-13-40-25-7-4-6-24(15-25)17-34-11-12-35(29(37)18-39-3)20-30(38,19-34)21-41-26-8-9-27(31)28(32)16-26/h4,6-9,14-16,38H,5,10-13,17-21H2,1-3H3/t30-/m1/s1. The zero-order chi connectivity index (χ0) is 29.4. The number of amides is 1. The topological polar surface area (TPSA) is 89.3 Å². The van der Waals surface area contributed by atoms with E-state index >= 15 is 0 Å². The Morgan fingerprint density at radius 1 is 1.02 bits per heavy atom. The second-order valence-corrected chi connectivity index (χ2v) is 10.5. The second-order valence-electron chi connectivity index (χ2n) is 10.5. The predicted octanol–water partition coefficient (Wildman–Crippen LogP) is 3.35. The highest BCUT2D eigenvalue weighted by Gasteiger charge is 2.37. The number of carbonyl (C=O) groups is 1. The van der Waals surface area contributed by atoms with Crippen LogP contribution in [0.4, 0.5) is 8.78 Å². The zero-order valence-corrected chi connectivity index (χ0v) is 23.8. The van der Waals surface area contributed by atoms with Gasteiger partial charge in [-0.05, 0) is 49.7 Å². The largest absolute Gasteiger partial charge is 0.494 e. The van der Waals surface area contributed by atoms with Crippen molar-refractivity contribution >= 4 is 5.91 Å². The first-order valence-electron chi connectivity index (χ1n) is 13.7. The van der Waals surface area contributed by atoms with Gasteiger partial charge in [-0.15, -0.1) is 0 Å². The third-order valence-electron chi connectivity index (χ3n) is 6.90. The van der Waals surface area contributed by atoms with Crippen molar-refractivity contribution in [3.8, 4) is 11.5 Å². The number of benzene rings is 2. The van der Waals surface area contributed by atoms with E-state index in [1.54, 1.807) is 4.90 Å². The second kappa shape index (κ2) is 13.9. The predicted molar refractivity (Wildman–Crippen MR) is 149 cm³/mol. The van der Waals surface area contributed by atoms with Crippen molar-refractivity contribution in [1.29, 1.82) is 0 Å². The van der Waals surface area contributed by atoms with Gasteiger partial charge in [-0.1, -0.05) is 12.1 Å². The van der Waals surface area contributed by atoms with Gasteiger partial charge in [-0.25, -0.2) is 8.78 Å². The molecule has 2 aromatic carbocycles. The lowest BCUT2D eigenvalue weighted by molar-refractivity contribution is -0.138. The van der Waals surface area contributed by atoms with Crippen molar-refractivity contribution in [2.24, 2.45) is 0 Å². The number of halogens is 2. The molecule has 0 radical (unpaired) electrons. The Labute approximate surface area is 239 Å². The molecule has 0 spiro atoms. The number of aliphatic hydroxyl groups is 1. The average molecular weight is 573 g/mol. The summed E-state index contributed by atoms with van der Waals surface area (Å²) in [5.41, 5.74) is 1.64. The van der Waals surface area contributed by atoms with Gasteiger partial charge in [0.05, 0.1) is 18.8 Å². The summed E-state index contributed by atoms with van der Waals surface area (Å²) in [6.45, 7) is 6.61. The number of hydrogen-bond donors (Lipinski definition) is 1. The summed E-state index contributed by atoms with van der Waals surface area (Å²) in [4.78, 5) is 16.2. The van der Waals surface area contributed by atoms with Crippen LogP contribution in [0.1, 0.15) is 23.4 Å². The van der Waals surface area contributed by atoms with Crippen molar-refractivity contribution in [3.63, 3.8) is 0 Å². The number of hydrogen-bond acceptors (Lipinski definition) is 7. The summed E-state index contributed by atoms with van der Waals surface area (Å²) < 4.78 is 45.7. The number of ether oxygens (including phenoxy) is 3. The van der Waals surface area contributed by atoms with Crippen LogP contribution in [0.5, 0.6) is 11.5 Å². The Hall–Kier alpha value is -3.54. The minimum Gasteiger partial charge on any atom is -0.494 e. The van der Waals surface area contributed by atoms with Crippen LogP contribution < -0.4 is 9.47 Å². The minimum atomic E-state index is -1.47. The lowest BCUT2D eigenvalue weighted by Gasteiger charge is -2.33. The lowest BCUT2D eigenvalue weighted by atomic mass is 10.0. The fourth-order valence-electron chi connectivity index (χ4n) is 4.98. The Balaban J connectivity index is 1.39. The van der Waals surface area contributed by atoms with Gasteiger partial charge in [-0.3, -0.25) is 14.4 Å². The smallest absolute Gasteiger partial charge is 0.248 e. The summed E-state index contributed by atoms with van der Waals surface area (Å²) in [6, 6.07) is 13.0. The highest BCUT2D eigenvalue weighted by atomic mass is 19.2. The van der Waals surface area contributed by atoms with Crippen molar-refractivity contribution in [2.45, 2.75) is 39.0 Å². The lowest BCUT2D eigenvalue weighted by Crippen LogP contribution is -2.52. The molecule has 0 unspecified atom stereocenters. The monoisotopic (exact) mass is 572 g/mol. The van der Waals surface area contributed by atoms with E-state index in [-0.39, 0.29) is 38.0 Å². The van der Waals surface area contributed by atoms with E-state index in [0.717, 1.165) is 47.8 Å². The summed E-state index contributed by atoms with van der Waals surface area (Å²) >= 11 is 0. The van der Waals surface area contributed by atoms with Crippen LogP contribution in [0, 0.1) is 25.5 Å². The molecule has 0 aliphatic carbocycles. The van der Waals surface area contributed by atoms with Crippen molar-refractivity contribution in [2.75, 3.05) is 53.1 Å². The summed E-state index contributed by atoms with van der Waals surface area (Å²) in [6.07, 6.45) is 0.814. The van der Waals surface area contributed by atoms with Crippen LogP contribution in [0.3, 0.4) is 0 Å². The van der Waals surface area contributed by atoms with Crippen molar-refractivity contribution < 1.29 is 32.9 Å². The Kier molecular flexibility index (Phi) is 10.3. The maximum Gasteiger partial charge on any atom is 0.248 e. The average Bonchev–Trinajstić information content (AvgIpc) is 3.15. The Bertz CT molecular complexity index is 1320. The van der Waals surface area contributed by atoms with Gasteiger partial charge in [0, 0.05) is 58.0 Å². The van der Waals surface area contributed by atoms with Crippen LogP contribution in [0.15, 0.2) is 48.5 Å². The molecule has 1 amide bonds. The number of methoxy groups -OCH3 is 1. The first-order valence-corrected chi connectivity index (χ1v) is 13.7. The number of aryl methyl sites for hydroxylation is 3.